The molecule has 0 saturated heterocycles. The molecule has 0 unspecified atom stereocenters. The lowest BCUT2D eigenvalue weighted by Crippen LogP contribution is -2.36. The Labute approximate surface area is 200 Å². The molecule has 1 amide bonds. The maximum Gasteiger partial charge on any atom is 0.348 e. The van der Waals surface area contributed by atoms with Crippen LogP contribution in [0.4, 0.5) is 0 Å². The zero-order chi connectivity index (χ0) is 24.5. The van der Waals surface area contributed by atoms with Gasteiger partial charge < -0.3 is 4.74 Å². The molecule has 2 aromatic heterocycles. The minimum absolute atomic E-state index is 0.0535. The van der Waals surface area contributed by atoms with E-state index in [0.29, 0.717) is 15.3 Å². The fourth-order valence-electron chi connectivity index (χ4n) is 3.97. The molecule has 1 fully saturated rings. The van der Waals surface area contributed by atoms with Crippen molar-refractivity contribution in [1.29, 1.82) is 0 Å². The first-order valence-corrected chi connectivity index (χ1v) is 13.3. The van der Waals surface area contributed by atoms with Crippen LogP contribution in [0.2, 0.25) is 0 Å². The molecule has 180 valence electrons. The smallest absolute Gasteiger partial charge is 0.348 e. The van der Waals surface area contributed by atoms with Crippen molar-refractivity contribution in [3.63, 3.8) is 0 Å². The van der Waals surface area contributed by atoms with E-state index in [0.717, 1.165) is 53.6 Å². The number of sulfonamides is 1. The maximum atomic E-state index is 13.0. The normalized spacial score (nSPS) is 14.8. The number of fused-ring (bicyclic) bond motifs is 1. The Hall–Kier alpha value is -3.05. The fourth-order valence-corrected chi connectivity index (χ4v) is 5.97. The first-order valence-electron chi connectivity index (χ1n) is 11.0. The van der Waals surface area contributed by atoms with Crippen LogP contribution in [-0.2, 0) is 26.1 Å². The Morgan fingerprint density at radius 2 is 1.82 bits per heavy atom. The second-order valence-electron chi connectivity index (χ2n) is 8.42. The van der Waals surface area contributed by atoms with Crippen molar-refractivity contribution in [1.82, 2.24) is 14.3 Å². The Morgan fingerprint density at radius 1 is 1.15 bits per heavy atom. The summed E-state index contributed by atoms with van der Waals surface area (Å²) in [6.45, 7) is 2.92. The average molecular weight is 504 g/mol. The molecule has 34 heavy (non-hydrogen) atoms. The molecule has 9 nitrogen and oxygen atoms in total. The van der Waals surface area contributed by atoms with Crippen LogP contribution in [0, 0.1) is 13.8 Å². The number of hydrogen-bond donors (Lipinski definition) is 1. The molecule has 2 heterocycles. The van der Waals surface area contributed by atoms with Crippen LogP contribution in [0.1, 0.15) is 52.9 Å². The number of carbonyl (C=O) groups is 2. The third-order valence-electron chi connectivity index (χ3n) is 5.82. The number of nitrogens with one attached hydrogen (secondary N) is 1. The lowest BCUT2D eigenvalue weighted by molar-refractivity contribution is -0.119. The summed E-state index contributed by atoms with van der Waals surface area (Å²) in [5, 5.41) is 0.220. The van der Waals surface area contributed by atoms with Crippen molar-refractivity contribution in [2.24, 2.45) is 0 Å². The van der Waals surface area contributed by atoms with Crippen LogP contribution in [0.3, 0.4) is 0 Å². The van der Waals surface area contributed by atoms with Gasteiger partial charge >= 0.3 is 5.97 Å². The van der Waals surface area contributed by atoms with Crippen molar-refractivity contribution < 1.29 is 22.7 Å². The first-order chi connectivity index (χ1) is 16.2. The third kappa shape index (κ3) is 5.05. The van der Waals surface area contributed by atoms with Gasteiger partial charge in [-0.15, -0.1) is 11.3 Å². The zero-order valence-electron chi connectivity index (χ0n) is 18.9. The molecule has 1 aliphatic rings. The number of ether oxygens (including phenoxy) is 1. The molecule has 11 heteroatoms. The highest BCUT2D eigenvalue weighted by Gasteiger charge is 2.25. The number of nitrogens with zero attached hydrogens (tertiary/aromatic N) is 2. The Kier molecular flexibility index (Phi) is 6.85. The summed E-state index contributed by atoms with van der Waals surface area (Å²) in [6.07, 6.45) is 5.92. The Morgan fingerprint density at radius 3 is 2.50 bits per heavy atom. The van der Waals surface area contributed by atoms with Crippen LogP contribution in [0.15, 0.2) is 40.3 Å². The van der Waals surface area contributed by atoms with Crippen molar-refractivity contribution in [3.8, 4) is 0 Å². The largest absolute Gasteiger partial charge is 0.458 e. The van der Waals surface area contributed by atoms with E-state index in [4.69, 9.17) is 4.74 Å². The second-order valence-corrected chi connectivity index (χ2v) is 11.1. The van der Waals surface area contributed by atoms with Crippen LogP contribution in [0.25, 0.3) is 10.2 Å². The van der Waals surface area contributed by atoms with Crippen molar-refractivity contribution in [2.45, 2.75) is 63.5 Å². The van der Waals surface area contributed by atoms with E-state index < -0.39 is 34.0 Å². The van der Waals surface area contributed by atoms with Crippen molar-refractivity contribution in [2.75, 3.05) is 0 Å². The van der Waals surface area contributed by atoms with Crippen LogP contribution >= 0.6 is 11.3 Å². The number of thiophene rings is 1. The van der Waals surface area contributed by atoms with E-state index in [1.165, 1.54) is 18.5 Å². The van der Waals surface area contributed by atoms with Crippen LogP contribution < -0.4 is 10.3 Å². The van der Waals surface area contributed by atoms with Gasteiger partial charge in [-0.1, -0.05) is 24.1 Å². The summed E-state index contributed by atoms with van der Waals surface area (Å²) in [5.41, 5.74) is 0.794. The van der Waals surface area contributed by atoms with E-state index in [9.17, 15) is 22.8 Å². The van der Waals surface area contributed by atoms with E-state index in [-0.39, 0.29) is 16.4 Å². The maximum absolute atomic E-state index is 13.0. The minimum atomic E-state index is -4.08. The van der Waals surface area contributed by atoms with Gasteiger partial charge in [0.2, 0.25) is 0 Å². The second kappa shape index (κ2) is 9.67. The summed E-state index contributed by atoms with van der Waals surface area (Å²) >= 11 is 1.08. The Bertz CT molecular complexity index is 1400. The van der Waals surface area contributed by atoms with Gasteiger partial charge in [0.1, 0.15) is 22.4 Å². The summed E-state index contributed by atoms with van der Waals surface area (Å²) in [5.74, 6) is -1.35. The number of aryl methyl sites for hydroxylation is 2. The molecule has 1 aliphatic carbocycles. The molecular formula is C23H25N3O6S2. The number of rotatable bonds is 6. The Balaban J connectivity index is 1.53. The zero-order valence-corrected chi connectivity index (χ0v) is 20.5. The predicted molar refractivity (Wildman–Crippen MR) is 127 cm³/mol. The van der Waals surface area contributed by atoms with Gasteiger partial charge in [0, 0.05) is 0 Å². The molecule has 0 radical (unpaired) electrons. The number of benzene rings is 1. The van der Waals surface area contributed by atoms with Gasteiger partial charge in [-0.05, 0) is 57.2 Å². The SMILES string of the molecule is Cc1ccc(S(=O)(=O)NC(=O)Cn2cnc3sc(C(=O)OC4CCCCC4)c(C)c3c2=O)cc1. The highest BCUT2D eigenvalue weighted by molar-refractivity contribution is 7.90. The highest BCUT2D eigenvalue weighted by atomic mass is 32.2. The predicted octanol–water partition coefficient (Wildman–Crippen LogP) is 3.07. The minimum Gasteiger partial charge on any atom is -0.458 e. The number of amides is 1. The van der Waals surface area contributed by atoms with Crippen LogP contribution in [-0.4, -0.2) is 35.9 Å². The third-order valence-corrected chi connectivity index (χ3v) is 8.39. The molecule has 0 aliphatic heterocycles. The van der Waals surface area contributed by atoms with Gasteiger partial charge in [0.05, 0.1) is 16.6 Å². The molecule has 1 N–H and O–H groups in total. The topological polar surface area (TPSA) is 124 Å². The van der Waals surface area contributed by atoms with Crippen molar-refractivity contribution in [3.05, 3.63) is 57.0 Å². The van der Waals surface area contributed by atoms with Crippen LogP contribution in [0.5, 0.6) is 0 Å². The van der Waals surface area contributed by atoms with E-state index in [1.54, 1.807) is 19.1 Å². The summed E-state index contributed by atoms with van der Waals surface area (Å²) in [6, 6.07) is 6.04. The molecule has 1 saturated carbocycles. The molecule has 0 atom stereocenters. The molecule has 4 rings (SSSR count). The number of aromatic nitrogens is 2. The summed E-state index contributed by atoms with van der Waals surface area (Å²) in [4.78, 5) is 43.0. The molecule has 3 aromatic rings. The lowest BCUT2D eigenvalue weighted by Gasteiger charge is -2.21. The van der Waals surface area contributed by atoms with Gasteiger partial charge in [-0.3, -0.25) is 14.2 Å². The number of esters is 1. The number of hydrogen-bond acceptors (Lipinski definition) is 8. The van der Waals surface area contributed by atoms with Gasteiger partial charge in [0.25, 0.3) is 21.5 Å². The molecular weight excluding hydrogens is 478 g/mol. The van der Waals surface area contributed by atoms with Gasteiger partial charge in [-0.2, -0.15) is 0 Å². The standard InChI is InChI=1S/C23H25N3O6S2/c1-14-8-10-17(11-9-14)34(30,31)25-18(27)12-26-13-24-21-19(22(26)28)15(2)20(33-21)23(29)32-16-6-4-3-5-7-16/h8-11,13,16H,3-7,12H2,1-2H3,(H,25,27). The monoisotopic (exact) mass is 503 g/mol. The number of carbonyl (C=O) groups excluding carboxylic acids is 2. The molecule has 0 bridgehead atoms. The van der Waals surface area contributed by atoms with Gasteiger partial charge in [-0.25, -0.2) is 22.9 Å². The summed E-state index contributed by atoms with van der Waals surface area (Å²) < 4.78 is 33.5. The van der Waals surface area contributed by atoms with E-state index in [2.05, 4.69) is 4.98 Å². The lowest BCUT2D eigenvalue weighted by atomic mass is 9.98. The quantitative estimate of drug-likeness (QED) is 0.513. The van der Waals surface area contributed by atoms with Crippen molar-refractivity contribution >= 4 is 43.5 Å². The molecule has 1 aromatic carbocycles. The molecule has 0 spiro atoms. The summed E-state index contributed by atoms with van der Waals surface area (Å²) in [7, 11) is -4.08. The van der Waals surface area contributed by atoms with E-state index >= 15 is 0 Å². The highest BCUT2D eigenvalue weighted by Crippen LogP contribution is 2.29. The fraction of sp³-hybridized carbons (Fsp3) is 0.391. The average Bonchev–Trinajstić information content (AvgIpc) is 3.13. The first kappa shape index (κ1) is 24.1. The van der Waals surface area contributed by atoms with E-state index in [1.807, 2.05) is 11.6 Å². The van der Waals surface area contributed by atoms with Gasteiger partial charge in [0.15, 0.2) is 0 Å².